The van der Waals surface area contributed by atoms with Crippen molar-refractivity contribution in [2.75, 3.05) is 5.32 Å². The lowest BCUT2D eigenvalue weighted by atomic mass is 10.1. The van der Waals surface area contributed by atoms with Gasteiger partial charge in [0.15, 0.2) is 5.69 Å². The van der Waals surface area contributed by atoms with Gasteiger partial charge in [-0.1, -0.05) is 25.7 Å². The van der Waals surface area contributed by atoms with Crippen molar-refractivity contribution >= 4 is 11.7 Å². The summed E-state index contributed by atoms with van der Waals surface area (Å²) in [5, 5.41) is 14.2. The molecule has 1 amide bonds. The van der Waals surface area contributed by atoms with Gasteiger partial charge in [-0.3, -0.25) is 4.79 Å². The van der Waals surface area contributed by atoms with Crippen molar-refractivity contribution in [1.29, 1.82) is 0 Å². The molecule has 23 heavy (non-hydrogen) atoms. The van der Waals surface area contributed by atoms with Crippen LogP contribution in [-0.4, -0.2) is 22.1 Å². The molecule has 1 saturated carbocycles. The number of nitrogens with one attached hydrogen (secondary N) is 2. The molecule has 3 rings (SSSR count). The fourth-order valence-corrected chi connectivity index (χ4v) is 2.82. The van der Waals surface area contributed by atoms with E-state index in [0.717, 1.165) is 18.6 Å². The fourth-order valence-electron chi connectivity index (χ4n) is 2.82. The molecule has 122 valence electrons. The van der Waals surface area contributed by atoms with Crippen molar-refractivity contribution in [3.8, 4) is 0 Å². The largest absolute Gasteiger partial charge is 0.467 e. The molecule has 2 heterocycles. The lowest BCUT2D eigenvalue weighted by molar-refractivity contribution is 0.0927. The molecule has 2 aromatic rings. The number of rotatable bonds is 5. The molecule has 0 aromatic carbocycles. The Bertz CT molecular complexity index is 602. The van der Waals surface area contributed by atoms with Gasteiger partial charge in [0.05, 0.1) is 12.8 Å². The van der Waals surface area contributed by atoms with Crippen molar-refractivity contribution in [2.24, 2.45) is 0 Å². The van der Waals surface area contributed by atoms with Crippen LogP contribution in [0.1, 0.15) is 54.8 Å². The van der Waals surface area contributed by atoms with E-state index in [-0.39, 0.29) is 11.9 Å². The minimum Gasteiger partial charge on any atom is -0.467 e. The summed E-state index contributed by atoms with van der Waals surface area (Å²) in [6.45, 7) is 0.537. The second-order valence-corrected chi connectivity index (χ2v) is 5.90. The molecule has 0 bridgehead atoms. The Kier molecular flexibility index (Phi) is 5.24. The van der Waals surface area contributed by atoms with Gasteiger partial charge in [-0.2, -0.15) is 0 Å². The number of anilines is 1. The third-order valence-corrected chi connectivity index (χ3v) is 4.11. The third-order valence-electron chi connectivity index (χ3n) is 4.11. The summed E-state index contributed by atoms with van der Waals surface area (Å²) in [6, 6.07) is 7.45. The SMILES string of the molecule is O=C(NC1CCCCCC1)c1ccc(NCc2ccco2)nn1. The van der Waals surface area contributed by atoms with Crippen LogP contribution < -0.4 is 10.6 Å². The van der Waals surface area contributed by atoms with Crippen molar-refractivity contribution in [3.05, 3.63) is 42.0 Å². The van der Waals surface area contributed by atoms with Crippen LogP contribution in [0.5, 0.6) is 0 Å². The van der Waals surface area contributed by atoms with Gasteiger partial charge in [0.2, 0.25) is 0 Å². The second kappa shape index (κ2) is 7.76. The number of aromatic nitrogens is 2. The maximum absolute atomic E-state index is 12.2. The van der Waals surface area contributed by atoms with Crippen LogP contribution in [0, 0.1) is 0 Å². The zero-order valence-corrected chi connectivity index (χ0v) is 13.1. The molecule has 0 saturated heterocycles. The first kappa shape index (κ1) is 15.5. The van der Waals surface area contributed by atoms with Gasteiger partial charge < -0.3 is 15.1 Å². The summed E-state index contributed by atoms with van der Waals surface area (Å²) in [5.74, 6) is 1.30. The molecule has 0 radical (unpaired) electrons. The van der Waals surface area contributed by atoms with Gasteiger partial charge in [0.1, 0.15) is 11.6 Å². The van der Waals surface area contributed by atoms with Crippen LogP contribution in [0.4, 0.5) is 5.82 Å². The van der Waals surface area contributed by atoms with E-state index in [4.69, 9.17) is 4.42 Å². The topological polar surface area (TPSA) is 80.0 Å². The van der Waals surface area contributed by atoms with Gasteiger partial charge >= 0.3 is 0 Å². The van der Waals surface area contributed by atoms with E-state index < -0.39 is 0 Å². The van der Waals surface area contributed by atoms with Crippen molar-refractivity contribution in [3.63, 3.8) is 0 Å². The average Bonchev–Trinajstić information content (AvgIpc) is 2.97. The Morgan fingerprint density at radius 1 is 1.13 bits per heavy atom. The van der Waals surface area contributed by atoms with Crippen LogP contribution in [0.25, 0.3) is 0 Å². The third kappa shape index (κ3) is 4.55. The Morgan fingerprint density at radius 3 is 2.61 bits per heavy atom. The van der Waals surface area contributed by atoms with Crippen molar-refractivity contribution in [2.45, 2.75) is 51.1 Å². The summed E-state index contributed by atoms with van der Waals surface area (Å²) in [5.41, 5.74) is 0.359. The predicted octanol–water partition coefficient (Wildman–Crippen LogP) is 3.13. The molecule has 6 heteroatoms. The number of carbonyl (C=O) groups excluding carboxylic acids is 1. The Labute approximate surface area is 135 Å². The highest BCUT2D eigenvalue weighted by Gasteiger charge is 2.16. The maximum atomic E-state index is 12.2. The van der Waals surface area contributed by atoms with E-state index >= 15 is 0 Å². The minimum atomic E-state index is -0.137. The highest BCUT2D eigenvalue weighted by molar-refractivity contribution is 5.92. The Morgan fingerprint density at radius 2 is 1.96 bits per heavy atom. The number of furan rings is 1. The molecule has 0 atom stereocenters. The number of carbonyl (C=O) groups is 1. The van der Waals surface area contributed by atoms with Gasteiger partial charge in [0.25, 0.3) is 5.91 Å². The monoisotopic (exact) mass is 314 g/mol. The molecule has 2 aromatic heterocycles. The van der Waals surface area contributed by atoms with E-state index in [1.54, 1.807) is 18.4 Å². The molecule has 0 aliphatic heterocycles. The summed E-state index contributed by atoms with van der Waals surface area (Å²) in [4.78, 5) is 12.2. The standard InChI is InChI=1S/C17H22N4O2/c22-17(19-13-6-3-1-2-4-7-13)15-9-10-16(21-20-15)18-12-14-8-5-11-23-14/h5,8-11,13H,1-4,6-7,12H2,(H,18,21)(H,19,22). The van der Waals surface area contributed by atoms with Crippen LogP contribution in [0.2, 0.25) is 0 Å². The average molecular weight is 314 g/mol. The number of amides is 1. The van der Waals surface area contributed by atoms with Crippen LogP contribution >= 0.6 is 0 Å². The first-order valence-corrected chi connectivity index (χ1v) is 8.22. The van der Waals surface area contributed by atoms with Crippen LogP contribution in [0.3, 0.4) is 0 Å². The molecule has 2 N–H and O–H groups in total. The molecule has 1 aliphatic rings. The van der Waals surface area contributed by atoms with Crippen molar-refractivity contribution < 1.29 is 9.21 Å². The molecule has 6 nitrogen and oxygen atoms in total. The van der Waals surface area contributed by atoms with E-state index in [1.165, 1.54) is 25.7 Å². The number of hydrogen-bond acceptors (Lipinski definition) is 5. The lowest BCUT2D eigenvalue weighted by Crippen LogP contribution is -2.35. The Balaban J connectivity index is 1.52. The highest BCUT2D eigenvalue weighted by Crippen LogP contribution is 2.17. The summed E-state index contributed by atoms with van der Waals surface area (Å²) in [6.07, 6.45) is 8.65. The molecule has 1 aliphatic carbocycles. The van der Waals surface area contributed by atoms with Gasteiger partial charge in [-0.05, 0) is 37.1 Å². The molecular formula is C17H22N4O2. The minimum absolute atomic E-state index is 0.137. The zero-order valence-electron chi connectivity index (χ0n) is 13.1. The predicted molar refractivity (Wildman–Crippen MR) is 87.0 cm³/mol. The van der Waals surface area contributed by atoms with E-state index in [9.17, 15) is 4.79 Å². The van der Waals surface area contributed by atoms with E-state index in [2.05, 4.69) is 20.8 Å². The second-order valence-electron chi connectivity index (χ2n) is 5.90. The van der Waals surface area contributed by atoms with Gasteiger partial charge in [0, 0.05) is 6.04 Å². The van der Waals surface area contributed by atoms with Gasteiger partial charge in [-0.15, -0.1) is 10.2 Å². The van der Waals surface area contributed by atoms with E-state index in [1.807, 2.05) is 12.1 Å². The fraction of sp³-hybridized carbons (Fsp3) is 0.471. The highest BCUT2D eigenvalue weighted by atomic mass is 16.3. The number of nitrogens with zero attached hydrogens (tertiary/aromatic N) is 2. The smallest absolute Gasteiger partial charge is 0.272 e. The quantitative estimate of drug-likeness (QED) is 0.829. The summed E-state index contributed by atoms with van der Waals surface area (Å²) in [7, 11) is 0. The first-order valence-electron chi connectivity index (χ1n) is 8.22. The van der Waals surface area contributed by atoms with Gasteiger partial charge in [-0.25, -0.2) is 0 Å². The molecule has 1 fully saturated rings. The molecule has 0 unspecified atom stereocenters. The molecular weight excluding hydrogens is 292 g/mol. The molecule has 0 spiro atoms. The zero-order chi connectivity index (χ0) is 15.9. The lowest BCUT2D eigenvalue weighted by Gasteiger charge is -2.15. The van der Waals surface area contributed by atoms with Crippen LogP contribution in [0.15, 0.2) is 34.9 Å². The first-order chi connectivity index (χ1) is 11.3. The van der Waals surface area contributed by atoms with Crippen LogP contribution in [-0.2, 0) is 6.54 Å². The maximum Gasteiger partial charge on any atom is 0.272 e. The number of hydrogen-bond donors (Lipinski definition) is 2. The van der Waals surface area contributed by atoms with E-state index in [0.29, 0.717) is 18.1 Å². The normalized spacial score (nSPS) is 15.8. The summed E-state index contributed by atoms with van der Waals surface area (Å²) >= 11 is 0. The Hall–Kier alpha value is -2.37. The van der Waals surface area contributed by atoms with Crippen molar-refractivity contribution in [1.82, 2.24) is 15.5 Å². The summed E-state index contributed by atoms with van der Waals surface area (Å²) < 4.78 is 5.24.